The van der Waals surface area contributed by atoms with Crippen LogP contribution in [-0.2, 0) is 4.74 Å². The van der Waals surface area contributed by atoms with Gasteiger partial charge < -0.3 is 15.6 Å². The number of nitrogens with zero attached hydrogens (tertiary/aromatic N) is 3. The van der Waals surface area contributed by atoms with Crippen molar-refractivity contribution >= 4 is 11.3 Å². The second-order valence-electron chi connectivity index (χ2n) is 5.11. The Bertz CT molecular complexity index is 688. The molecule has 0 amide bonds. The first-order valence-corrected chi connectivity index (χ1v) is 6.50. The Hall–Kier alpha value is -2.10. The van der Waals surface area contributed by atoms with Crippen molar-refractivity contribution in [1.29, 1.82) is 0 Å². The number of aliphatic hydroxyl groups is 1. The van der Waals surface area contributed by atoms with Crippen molar-refractivity contribution in [2.45, 2.75) is 25.6 Å². The van der Waals surface area contributed by atoms with Crippen LogP contribution in [0.2, 0.25) is 0 Å². The third-order valence-electron chi connectivity index (χ3n) is 3.75. The smallest absolute Gasteiger partial charge is 0.152 e. The molecular weight excluding hydrogens is 256 g/mol. The van der Waals surface area contributed by atoms with Crippen molar-refractivity contribution in [3.05, 3.63) is 23.7 Å². The van der Waals surface area contributed by atoms with E-state index in [0.717, 1.165) is 12.1 Å². The molecule has 0 aliphatic carbocycles. The van der Waals surface area contributed by atoms with E-state index in [1.54, 1.807) is 4.52 Å². The Kier molecular flexibility index (Phi) is 3.08. The number of nitrogens with two attached hydrogens (primary N) is 1. The molecule has 2 aromatic heterocycles. The summed E-state index contributed by atoms with van der Waals surface area (Å²) < 4.78 is 7.57. The molecule has 3 heterocycles. The van der Waals surface area contributed by atoms with Crippen LogP contribution < -0.4 is 5.73 Å². The lowest BCUT2D eigenvalue weighted by atomic mass is 9.99. The SMILES string of the molecule is C#Cc1cc(C2OC(CO)CC2C)n2ncnc(N)c12. The lowest BCUT2D eigenvalue weighted by Crippen LogP contribution is -2.12. The number of hydrogen-bond acceptors (Lipinski definition) is 5. The molecule has 1 saturated heterocycles. The molecule has 6 nitrogen and oxygen atoms in total. The molecular formula is C14H16N4O2. The Morgan fingerprint density at radius 2 is 2.45 bits per heavy atom. The summed E-state index contributed by atoms with van der Waals surface area (Å²) in [7, 11) is 0. The van der Waals surface area contributed by atoms with Crippen LogP contribution in [-0.4, -0.2) is 32.4 Å². The summed E-state index contributed by atoms with van der Waals surface area (Å²) in [6.45, 7) is 2.10. The van der Waals surface area contributed by atoms with E-state index in [1.807, 2.05) is 6.07 Å². The number of anilines is 1. The van der Waals surface area contributed by atoms with Crippen LogP contribution in [0.1, 0.15) is 30.7 Å². The average Bonchev–Trinajstić information content (AvgIpc) is 3.00. The zero-order valence-electron chi connectivity index (χ0n) is 11.2. The molecule has 104 valence electrons. The van der Waals surface area contributed by atoms with Crippen molar-refractivity contribution in [2.24, 2.45) is 5.92 Å². The maximum atomic E-state index is 9.25. The van der Waals surface area contributed by atoms with Crippen LogP contribution in [0.3, 0.4) is 0 Å². The fourth-order valence-corrected chi connectivity index (χ4v) is 2.82. The molecule has 0 bridgehead atoms. The summed E-state index contributed by atoms with van der Waals surface area (Å²) in [5.41, 5.74) is 8.02. The van der Waals surface area contributed by atoms with E-state index in [2.05, 4.69) is 22.9 Å². The normalized spacial score (nSPS) is 25.9. The van der Waals surface area contributed by atoms with E-state index < -0.39 is 0 Å². The van der Waals surface area contributed by atoms with Gasteiger partial charge in [0.25, 0.3) is 0 Å². The van der Waals surface area contributed by atoms with Gasteiger partial charge in [-0.2, -0.15) is 5.10 Å². The summed E-state index contributed by atoms with van der Waals surface area (Å²) >= 11 is 0. The molecule has 3 atom stereocenters. The molecule has 0 saturated carbocycles. The second-order valence-corrected chi connectivity index (χ2v) is 5.11. The summed E-state index contributed by atoms with van der Waals surface area (Å²) in [6, 6.07) is 1.86. The van der Waals surface area contributed by atoms with Gasteiger partial charge in [0.1, 0.15) is 17.9 Å². The predicted molar refractivity (Wildman–Crippen MR) is 73.8 cm³/mol. The monoisotopic (exact) mass is 272 g/mol. The highest BCUT2D eigenvalue weighted by atomic mass is 16.5. The third-order valence-corrected chi connectivity index (χ3v) is 3.75. The zero-order valence-corrected chi connectivity index (χ0v) is 11.2. The van der Waals surface area contributed by atoms with Crippen LogP contribution in [0, 0.1) is 18.3 Å². The minimum absolute atomic E-state index is 0.0171. The molecule has 1 aliphatic rings. The summed E-state index contributed by atoms with van der Waals surface area (Å²) in [6.07, 6.45) is 7.43. The van der Waals surface area contributed by atoms with E-state index in [4.69, 9.17) is 16.9 Å². The van der Waals surface area contributed by atoms with Crippen LogP contribution in [0.5, 0.6) is 0 Å². The first kappa shape index (κ1) is 12.9. The molecule has 0 aromatic carbocycles. The number of hydrogen-bond donors (Lipinski definition) is 2. The van der Waals surface area contributed by atoms with Gasteiger partial charge in [0, 0.05) is 0 Å². The van der Waals surface area contributed by atoms with Crippen molar-refractivity contribution < 1.29 is 9.84 Å². The molecule has 0 radical (unpaired) electrons. The molecule has 1 aliphatic heterocycles. The molecule has 2 aromatic rings. The van der Waals surface area contributed by atoms with Crippen LogP contribution in [0.15, 0.2) is 12.4 Å². The first-order chi connectivity index (χ1) is 9.65. The van der Waals surface area contributed by atoms with Gasteiger partial charge in [0.15, 0.2) is 5.82 Å². The first-order valence-electron chi connectivity index (χ1n) is 6.50. The topological polar surface area (TPSA) is 85.7 Å². The Labute approximate surface area is 116 Å². The highest BCUT2D eigenvalue weighted by Gasteiger charge is 2.35. The lowest BCUT2D eigenvalue weighted by Gasteiger charge is -2.14. The number of ether oxygens (including phenoxy) is 1. The molecule has 3 unspecified atom stereocenters. The number of fused-ring (bicyclic) bond motifs is 1. The zero-order chi connectivity index (χ0) is 14.3. The van der Waals surface area contributed by atoms with E-state index >= 15 is 0 Å². The van der Waals surface area contributed by atoms with Crippen molar-refractivity contribution in [3.63, 3.8) is 0 Å². The lowest BCUT2D eigenvalue weighted by molar-refractivity contribution is 0.00256. The Morgan fingerprint density at radius 3 is 3.10 bits per heavy atom. The number of aromatic nitrogens is 3. The van der Waals surface area contributed by atoms with Crippen LogP contribution in [0.25, 0.3) is 5.52 Å². The highest BCUT2D eigenvalue weighted by Crippen LogP contribution is 2.39. The van der Waals surface area contributed by atoms with E-state index in [9.17, 15) is 5.11 Å². The van der Waals surface area contributed by atoms with Gasteiger partial charge in [-0.1, -0.05) is 12.8 Å². The molecule has 0 spiro atoms. The van der Waals surface area contributed by atoms with Crippen molar-refractivity contribution in [2.75, 3.05) is 12.3 Å². The Balaban J connectivity index is 2.14. The highest BCUT2D eigenvalue weighted by molar-refractivity contribution is 5.75. The number of rotatable bonds is 2. The van der Waals surface area contributed by atoms with Gasteiger partial charge in [0.2, 0.25) is 0 Å². The third kappa shape index (κ3) is 1.83. The van der Waals surface area contributed by atoms with Gasteiger partial charge in [-0.3, -0.25) is 0 Å². The number of nitrogen functional groups attached to an aromatic ring is 1. The molecule has 3 rings (SSSR count). The largest absolute Gasteiger partial charge is 0.394 e. The summed E-state index contributed by atoms with van der Waals surface area (Å²) in [5.74, 6) is 3.23. The van der Waals surface area contributed by atoms with Gasteiger partial charge in [-0.05, 0) is 18.4 Å². The fourth-order valence-electron chi connectivity index (χ4n) is 2.82. The minimum atomic E-state index is -0.156. The molecule has 6 heteroatoms. The van der Waals surface area contributed by atoms with Crippen LogP contribution >= 0.6 is 0 Å². The molecule has 20 heavy (non-hydrogen) atoms. The van der Waals surface area contributed by atoms with Gasteiger partial charge >= 0.3 is 0 Å². The van der Waals surface area contributed by atoms with Gasteiger partial charge in [0.05, 0.1) is 24.0 Å². The van der Waals surface area contributed by atoms with Gasteiger partial charge in [-0.25, -0.2) is 9.50 Å². The molecule has 1 fully saturated rings. The predicted octanol–water partition coefficient (Wildman–Crippen LogP) is 0.751. The second kappa shape index (κ2) is 4.78. The van der Waals surface area contributed by atoms with E-state index in [0.29, 0.717) is 16.9 Å². The van der Waals surface area contributed by atoms with Crippen molar-refractivity contribution in [3.8, 4) is 12.3 Å². The van der Waals surface area contributed by atoms with Gasteiger partial charge in [-0.15, -0.1) is 6.42 Å². The Morgan fingerprint density at radius 1 is 1.65 bits per heavy atom. The maximum Gasteiger partial charge on any atom is 0.152 e. The summed E-state index contributed by atoms with van der Waals surface area (Å²) in [4.78, 5) is 3.98. The van der Waals surface area contributed by atoms with E-state index in [1.165, 1.54) is 6.33 Å². The average molecular weight is 272 g/mol. The fraction of sp³-hybridized carbons (Fsp3) is 0.429. The number of aliphatic hydroxyl groups excluding tert-OH is 1. The quantitative estimate of drug-likeness (QED) is 0.788. The molecule has 3 N–H and O–H groups in total. The summed E-state index contributed by atoms with van der Waals surface area (Å²) in [5, 5.41) is 13.5. The van der Waals surface area contributed by atoms with Crippen molar-refractivity contribution in [1.82, 2.24) is 14.6 Å². The minimum Gasteiger partial charge on any atom is -0.394 e. The van der Waals surface area contributed by atoms with Crippen LogP contribution in [0.4, 0.5) is 5.82 Å². The number of terminal acetylenes is 1. The standard InChI is InChI=1S/C14H16N4O2/c1-3-9-5-11(13-8(2)4-10(6-19)20-13)18-12(9)14(15)16-7-17-18/h1,5,7-8,10,13,19H,4,6H2,2H3,(H2,15,16,17). The maximum absolute atomic E-state index is 9.25. The van der Waals surface area contributed by atoms with E-state index in [-0.39, 0.29) is 24.7 Å².